The summed E-state index contributed by atoms with van der Waals surface area (Å²) in [7, 11) is 4.04. The average molecular weight is 238 g/mol. The largest absolute Gasteiger partial charge is 0.490 e. The monoisotopic (exact) mass is 238 g/mol. The number of aliphatic hydroxyl groups is 1. The summed E-state index contributed by atoms with van der Waals surface area (Å²) >= 11 is 0. The van der Waals surface area contributed by atoms with Crippen molar-refractivity contribution in [2.24, 2.45) is 0 Å². The lowest BCUT2D eigenvalue weighted by atomic mass is 10.1. The maximum Gasteiger partial charge on any atom is 0.161 e. The first-order valence-corrected chi connectivity index (χ1v) is 6.03. The van der Waals surface area contributed by atoms with E-state index in [1.165, 1.54) is 4.90 Å². The van der Waals surface area contributed by atoms with Gasteiger partial charge in [0, 0.05) is 6.42 Å². The molecule has 0 amide bonds. The molecule has 17 heavy (non-hydrogen) atoms. The van der Waals surface area contributed by atoms with Crippen LogP contribution in [0.4, 0.5) is 0 Å². The standard InChI is InChI=1S/C13H19NO3/c1-14(2)9-11(15)10-4-5-12-13(8-10)17-7-3-6-16-12/h4-5,8,11,15H,3,6-7,9H2,1-2H3/p+1/t11-/m0/s1. The molecule has 0 radical (unpaired) electrons. The van der Waals surface area contributed by atoms with Crippen LogP contribution < -0.4 is 14.4 Å². The lowest BCUT2D eigenvalue weighted by Crippen LogP contribution is -3.06. The lowest BCUT2D eigenvalue weighted by Gasteiger charge is -2.15. The van der Waals surface area contributed by atoms with Gasteiger partial charge in [0.05, 0.1) is 27.3 Å². The minimum Gasteiger partial charge on any atom is -0.490 e. The molecule has 94 valence electrons. The lowest BCUT2D eigenvalue weighted by molar-refractivity contribution is -0.862. The molecule has 2 rings (SSSR count). The van der Waals surface area contributed by atoms with Gasteiger partial charge in [-0.2, -0.15) is 0 Å². The van der Waals surface area contributed by atoms with Crippen molar-refractivity contribution in [1.29, 1.82) is 0 Å². The van der Waals surface area contributed by atoms with Gasteiger partial charge >= 0.3 is 0 Å². The van der Waals surface area contributed by atoms with Gasteiger partial charge in [0.25, 0.3) is 0 Å². The number of quaternary nitrogens is 1. The van der Waals surface area contributed by atoms with Crippen molar-refractivity contribution in [3.63, 3.8) is 0 Å². The number of fused-ring (bicyclic) bond motifs is 1. The zero-order chi connectivity index (χ0) is 12.3. The zero-order valence-electron chi connectivity index (χ0n) is 10.4. The molecule has 0 fully saturated rings. The van der Waals surface area contributed by atoms with Crippen molar-refractivity contribution in [2.45, 2.75) is 12.5 Å². The fourth-order valence-electron chi connectivity index (χ4n) is 1.89. The Morgan fingerprint density at radius 2 is 1.94 bits per heavy atom. The third-order valence-corrected chi connectivity index (χ3v) is 2.76. The topological polar surface area (TPSA) is 43.1 Å². The van der Waals surface area contributed by atoms with Crippen LogP contribution >= 0.6 is 0 Å². The number of hydrogen-bond acceptors (Lipinski definition) is 3. The Bertz CT molecular complexity index is 379. The molecule has 0 unspecified atom stereocenters. The Kier molecular flexibility index (Phi) is 3.86. The summed E-state index contributed by atoms with van der Waals surface area (Å²) in [6.45, 7) is 2.04. The van der Waals surface area contributed by atoms with Gasteiger partial charge in [-0.25, -0.2) is 0 Å². The van der Waals surface area contributed by atoms with E-state index in [1.54, 1.807) is 0 Å². The van der Waals surface area contributed by atoms with Crippen LogP contribution in [0.25, 0.3) is 0 Å². The van der Waals surface area contributed by atoms with E-state index in [0.29, 0.717) is 19.8 Å². The van der Waals surface area contributed by atoms with Gasteiger partial charge in [0.1, 0.15) is 12.6 Å². The fraction of sp³-hybridized carbons (Fsp3) is 0.538. The molecule has 4 nitrogen and oxygen atoms in total. The average Bonchev–Trinajstić information content (AvgIpc) is 2.51. The van der Waals surface area contributed by atoms with Gasteiger partial charge in [0.2, 0.25) is 0 Å². The third-order valence-electron chi connectivity index (χ3n) is 2.76. The quantitative estimate of drug-likeness (QED) is 0.780. The minimum atomic E-state index is -0.461. The first-order valence-electron chi connectivity index (χ1n) is 6.03. The predicted molar refractivity (Wildman–Crippen MR) is 64.7 cm³/mol. The van der Waals surface area contributed by atoms with Gasteiger partial charge in [-0.15, -0.1) is 0 Å². The number of likely N-dealkylation sites (N-methyl/N-ethyl adjacent to an activating group) is 1. The number of aliphatic hydroxyl groups excluding tert-OH is 1. The van der Waals surface area contributed by atoms with Gasteiger partial charge in [-0.3, -0.25) is 0 Å². The van der Waals surface area contributed by atoms with Gasteiger partial charge in [-0.05, 0) is 17.7 Å². The molecule has 0 spiro atoms. The van der Waals surface area contributed by atoms with E-state index < -0.39 is 6.10 Å². The van der Waals surface area contributed by atoms with E-state index in [2.05, 4.69) is 0 Å². The van der Waals surface area contributed by atoms with Crippen molar-refractivity contribution < 1.29 is 19.5 Å². The second-order valence-corrected chi connectivity index (χ2v) is 4.68. The number of nitrogens with one attached hydrogen (secondary N) is 1. The highest BCUT2D eigenvalue weighted by Gasteiger charge is 2.16. The van der Waals surface area contributed by atoms with E-state index in [9.17, 15) is 5.11 Å². The summed E-state index contributed by atoms with van der Waals surface area (Å²) in [5.41, 5.74) is 0.885. The van der Waals surface area contributed by atoms with Crippen molar-refractivity contribution in [1.82, 2.24) is 0 Å². The fourth-order valence-corrected chi connectivity index (χ4v) is 1.89. The Labute approximate surface area is 102 Å². The molecule has 0 saturated carbocycles. The maximum atomic E-state index is 10.0. The molecule has 2 N–H and O–H groups in total. The molecular weight excluding hydrogens is 218 g/mol. The van der Waals surface area contributed by atoms with Crippen molar-refractivity contribution in [2.75, 3.05) is 33.9 Å². The van der Waals surface area contributed by atoms with Crippen LogP contribution in [0.15, 0.2) is 18.2 Å². The molecule has 4 heteroatoms. The predicted octanol–water partition coefficient (Wildman–Crippen LogP) is 0.0258. The normalized spacial score (nSPS) is 16.7. The Morgan fingerprint density at radius 1 is 1.24 bits per heavy atom. The molecule has 1 aliphatic heterocycles. The highest BCUT2D eigenvalue weighted by molar-refractivity contribution is 5.44. The van der Waals surface area contributed by atoms with Crippen molar-refractivity contribution in [3.05, 3.63) is 23.8 Å². The molecule has 0 aliphatic carbocycles. The first-order chi connectivity index (χ1) is 8.16. The Morgan fingerprint density at radius 3 is 2.65 bits per heavy atom. The van der Waals surface area contributed by atoms with Crippen LogP contribution in [0.3, 0.4) is 0 Å². The highest BCUT2D eigenvalue weighted by Crippen LogP contribution is 2.31. The summed E-state index contributed by atoms with van der Waals surface area (Å²) in [6.07, 6.45) is 0.436. The summed E-state index contributed by atoms with van der Waals surface area (Å²) in [4.78, 5) is 1.21. The third kappa shape index (κ3) is 3.11. The maximum absolute atomic E-state index is 10.0. The van der Waals surface area contributed by atoms with Crippen LogP contribution in [-0.4, -0.2) is 39.0 Å². The molecule has 0 saturated heterocycles. The van der Waals surface area contributed by atoms with Crippen LogP contribution in [0.1, 0.15) is 18.1 Å². The molecule has 1 aliphatic rings. The van der Waals surface area contributed by atoms with Crippen LogP contribution in [0.2, 0.25) is 0 Å². The molecule has 1 aromatic rings. The van der Waals surface area contributed by atoms with Gasteiger partial charge in [-0.1, -0.05) is 6.07 Å². The molecule has 0 aromatic heterocycles. The summed E-state index contributed by atoms with van der Waals surface area (Å²) in [5.74, 6) is 1.52. The van der Waals surface area contributed by atoms with E-state index in [4.69, 9.17) is 9.47 Å². The SMILES string of the molecule is C[NH+](C)C[C@H](O)c1ccc2c(c1)OCCCO2. The zero-order valence-corrected chi connectivity index (χ0v) is 10.4. The summed E-state index contributed by atoms with van der Waals surface area (Å²) in [5, 5.41) is 10.0. The summed E-state index contributed by atoms with van der Waals surface area (Å²) in [6, 6.07) is 5.67. The van der Waals surface area contributed by atoms with Crippen LogP contribution in [-0.2, 0) is 0 Å². The second-order valence-electron chi connectivity index (χ2n) is 4.68. The number of rotatable bonds is 3. The van der Waals surface area contributed by atoms with E-state index in [0.717, 1.165) is 23.5 Å². The number of hydrogen-bond donors (Lipinski definition) is 2. The first kappa shape index (κ1) is 12.2. The number of ether oxygens (including phenoxy) is 2. The molecular formula is C13H20NO3+. The summed E-state index contributed by atoms with van der Waals surface area (Å²) < 4.78 is 11.2. The number of benzene rings is 1. The van der Waals surface area contributed by atoms with Gasteiger partial charge in [0.15, 0.2) is 11.5 Å². The Balaban J connectivity index is 2.17. The molecule has 1 aromatic carbocycles. The van der Waals surface area contributed by atoms with Crippen LogP contribution in [0, 0.1) is 0 Å². The highest BCUT2D eigenvalue weighted by atomic mass is 16.5. The van der Waals surface area contributed by atoms with Crippen LogP contribution in [0.5, 0.6) is 11.5 Å². The minimum absolute atomic E-state index is 0.461. The van der Waals surface area contributed by atoms with E-state index in [1.807, 2.05) is 32.3 Å². The van der Waals surface area contributed by atoms with Gasteiger partial charge < -0.3 is 19.5 Å². The van der Waals surface area contributed by atoms with Crippen molar-refractivity contribution in [3.8, 4) is 11.5 Å². The second kappa shape index (κ2) is 5.38. The van der Waals surface area contributed by atoms with Crippen molar-refractivity contribution >= 4 is 0 Å². The molecule has 1 heterocycles. The molecule has 1 atom stereocenters. The van der Waals surface area contributed by atoms with E-state index in [-0.39, 0.29) is 0 Å². The van der Waals surface area contributed by atoms with E-state index >= 15 is 0 Å². The molecule has 0 bridgehead atoms. The smallest absolute Gasteiger partial charge is 0.161 e. The Hall–Kier alpha value is -1.26.